The van der Waals surface area contributed by atoms with Crippen molar-refractivity contribution < 1.29 is 9.59 Å². The first-order valence-electron chi connectivity index (χ1n) is 10.6. The Hall–Kier alpha value is -2.66. The third kappa shape index (κ3) is 5.67. The van der Waals surface area contributed by atoms with Crippen molar-refractivity contribution in [2.45, 2.75) is 49.6 Å². The summed E-state index contributed by atoms with van der Waals surface area (Å²) < 4.78 is 0. The van der Waals surface area contributed by atoms with Crippen molar-refractivity contribution >= 4 is 11.8 Å². The number of carbonyl (C=O) groups excluding carboxylic acids is 2. The lowest BCUT2D eigenvalue weighted by Crippen LogP contribution is -2.32. The fourth-order valence-electron chi connectivity index (χ4n) is 3.93. The van der Waals surface area contributed by atoms with Gasteiger partial charge in [0.2, 0.25) is 11.8 Å². The first kappa shape index (κ1) is 19.6. The Morgan fingerprint density at radius 1 is 0.690 bits per heavy atom. The highest BCUT2D eigenvalue weighted by Crippen LogP contribution is 2.41. The Balaban J connectivity index is 1.04. The molecule has 4 rings (SSSR count). The fraction of sp³-hybridized carbons (Fsp3) is 0.417. The van der Waals surface area contributed by atoms with Crippen LogP contribution in [0.25, 0.3) is 0 Å². The molecule has 0 bridgehead atoms. The second-order valence-corrected chi connectivity index (χ2v) is 8.10. The average molecular weight is 392 g/mol. The summed E-state index contributed by atoms with van der Waals surface area (Å²) in [5.74, 6) is 1.07. The molecule has 4 atom stereocenters. The molecule has 0 radical (unpaired) electrons. The third-order valence-electron chi connectivity index (χ3n) is 5.79. The molecule has 2 aromatic rings. The number of benzene rings is 2. The Morgan fingerprint density at radius 2 is 1.10 bits per heavy atom. The predicted molar refractivity (Wildman–Crippen MR) is 114 cm³/mol. The average Bonchev–Trinajstić information content (AvgIpc) is 3.66. The van der Waals surface area contributed by atoms with Gasteiger partial charge in [-0.25, -0.2) is 0 Å². The smallest absolute Gasteiger partial charge is 0.221 e. The molecule has 0 aliphatic heterocycles. The lowest BCUT2D eigenvalue weighted by atomic mass is 10.1. The topological polar surface area (TPSA) is 70.2 Å². The Morgan fingerprint density at radius 3 is 1.52 bits per heavy atom. The molecule has 29 heavy (non-hydrogen) atoms. The number of amides is 2. The van der Waals surface area contributed by atoms with Crippen molar-refractivity contribution in [2.24, 2.45) is 0 Å². The Bertz CT molecular complexity index is 755. The van der Waals surface area contributed by atoms with Crippen LogP contribution in [-0.2, 0) is 9.59 Å². The Kier molecular flexibility index (Phi) is 6.25. The highest BCUT2D eigenvalue weighted by molar-refractivity contribution is 5.77. The van der Waals surface area contributed by atoms with Crippen molar-refractivity contribution in [1.29, 1.82) is 0 Å². The molecule has 0 saturated heterocycles. The number of hydrogen-bond donors (Lipinski definition) is 3. The van der Waals surface area contributed by atoms with Gasteiger partial charge >= 0.3 is 0 Å². The maximum absolute atomic E-state index is 12.1. The van der Waals surface area contributed by atoms with Crippen LogP contribution in [0.2, 0.25) is 0 Å². The number of carbonyl (C=O) groups is 2. The van der Waals surface area contributed by atoms with E-state index in [1.54, 1.807) is 0 Å². The van der Waals surface area contributed by atoms with E-state index in [-0.39, 0.29) is 23.9 Å². The van der Waals surface area contributed by atoms with Gasteiger partial charge < -0.3 is 16.0 Å². The highest BCUT2D eigenvalue weighted by atomic mass is 16.2. The van der Waals surface area contributed by atoms with E-state index < -0.39 is 0 Å². The van der Waals surface area contributed by atoms with Crippen LogP contribution in [0.15, 0.2) is 60.7 Å². The largest absolute Gasteiger partial charge is 0.353 e. The van der Waals surface area contributed by atoms with Gasteiger partial charge in [0.1, 0.15) is 0 Å². The van der Waals surface area contributed by atoms with E-state index in [9.17, 15) is 9.59 Å². The molecular weight excluding hydrogens is 362 g/mol. The summed E-state index contributed by atoms with van der Waals surface area (Å²) in [7, 11) is 0. The molecular formula is C24H29N3O2. The summed E-state index contributed by atoms with van der Waals surface area (Å²) in [5, 5.41) is 9.40. The minimum absolute atomic E-state index is 0.0778. The van der Waals surface area contributed by atoms with E-state index >= 15 is 0 Å². The van der Waals surface area contributed by atoms with Gasteiger partial charge in [-0.15, -0.1) is 0 Å². The molecule has 2 fully saturated rings. The van der Waals surface area contributed by atoms with Crippen LogP contribution < -0.4 is 16.0 Å². The van der Waals surface area contributed by atoms with Crippen LogP contribution in [-0.4, -0.2) is 37.0 Å². The van der Waals surface area contributed by atoms with Gasteiger partial charge in [-0.05, 0) is 24.0 Å². The normalized spacial score (nSPS) is 24.6. The fourth-order valence-corrected chi connectivity index (χ4v) is 3.93. The van der Waals surface area contributed by atoms with E-state index in [0.29, 0.717) is 37.8 Å². The zero-order chi connectivity index (χ0) is 20.1. The lowest BCUT2D eigenvalue weighted by molar-refractivity contribution is -0.121. The van der Waals surface area contributed by atoms with E-state index in [2.05, 4.69) is 40.2 Å². The summed E-state index contributed by atoms with van der Waals surface area (Å²) in [5.41, 5.74) is 2.60. The van der Waals surface area contributed by atoms with Crippen LogP contribution in [0.1, 0.15) is 48.6 Å². The van der Waals surface area contributed by atoms with Gasteiger partial charge in [0.05, 0.1) is 0 Å². The minimum Gasteiger partial charge on any atom is -0.353 e. The summed E-state index contributed by atoms with van der Waals surface area (Å²) in [6.07, 6.45) is 2.93. The molecule has 2 aliphatic carbocycles. The molecule has 0 spiro atoms. The SMILES string of the molecule is O=C(CCNCCC(=O)N[C@H]1C[C@@H]1c1ccccc1)N[C@H]1C[C@@H]1c1ccccc1. The second kappa shape index (κ2) is 9.23. The predicted octanol–water partition coefficient (Wildman–Crippen LogP) is 2.70. The van der Waals surface area contributed by atoms with Gasteiger partial charge in [0, 0.05) is 49.9 Å². The van der Waals surface area contributed by atoms with Crippen molar-refractivity contribution in [1.82, 2.24) is 16.0 Å². The van der Waals surface area contributed by atoms with Gasteiger partial charge in [0.25, 0.3) is 0 Å². The van der Waals surface area contributed by atoms with Crippen LogP contribution >= 0.6 is 0 Å². The number of rotatable bonds is 10. The van der Waals surface area contributed by atoms with Gasteiger partial charge in [0.15, 0.2) is 0 Å². The molecule has 3 N–H and O–H groups in total. The van der Waals surface area contributed by atoms with Gasteiger partial charge in [-0.3, -0.25) is 9.59 Å². The number of hydrogen-bond acceptors (Lipinski definition) is 3. The zero-order valence-corrected chi connectivity index (χ0v) is 16.6. The van der Waals surface area contributed by atoms with Crippen molar-refractivity contribution in [2.75, 3.05) is 13.1 Å². The van der Waals surface area contributed by atoms with Crippen LogP contribution in [0.4, 0.5) is 0 Å². The van der Waals surface area contributed by atoms with Crippen LogP contribution in [0.3, 0.4) is 0 Å². The molecule has 2 aromatic carbocycles. The molecule has 152 valence electrons. The highest BCUT2D eigenvalue weighted by Gasteiger charge is 2.39. The molecule has 2 amide bonds. The summed E-state index contributed by atoms with van der Waals surface area (Å²) in [6, 6.07) is 21.2. The summed E-state index contributed by atoms with van der Waals surface area (Å²) >= 11 is 0. The minimum atomic E-state index is 0.0778. The summed E-state index contributed by atoms with van der Waals surface area (Å²) in [6.45, 7) is 1.19. The number of nitrogens with one attached hydrogen (secondary N) is 3. The summed E-state index contributed by atoms with van der Waals surface area (Å²) in [4.78, 5) is 24.1. The molecule has 0 unspecified atom stereocenters. The van der Waals surface area contributed by atoms with Crippen LogP contribution in [0.5, 0.6) is 0 Å². The van der Waals surface area contributed by atoms with E-state index in [4.69, 9.17) is 0 Å². The lowest BCUT2D eigenvalue weighted by Gasteiger charge is -2.07. The third-order valence-corrected chi connectivity index (χ3v) is 5.79. The molecule has 5 heteroatoms. The first-order chi connectivity index (χ1) is 14.2. The van der Waals surface area contributed by atoms with E-state index in [0.717, 1.165) is 12.8 Å². The zero-order valence-electron chi connectivity index (χ0n) is 16.6. The second-order valence-electron chi connectivity index (χ2n) is 8.10. The van der Waals surface area contributed by atoms with E-state index in [1.807, 2.05) is 36.4 Å². The van der Waals surface area contributed by atoms with Crippen molar-refractivity contribution in [3.8, 4) is 0 Å². The molecule has 5 nitrogen and oxygen atoms in total. The van der Waals surface area contributed by atoms with E-state index in [1.165, 1.54) is 11.1 Å². The molecule has 0 aromatic heterocycles. The molecule has 0 heterocycles. The molecule has 2 saturated carbocycles. The molecule has 2 aliphatic rings. The standard InChI is InChI=1S/C24H29N3O2/c28-23(26-21-15-19(21)17-7-3-1-4-8-17)11-13-25-14-12-24(29)27-22-16-20(22)18-9-5-2-6-10-18/h1-10,19-22,25H,11-16H2,(H,26,28)(H,27,29)/t19-,20-,21+,22+/m1/s1. The van der Waals surface area contributed by atoms with Gasteiger partial charge in [-0.1, -0.05) is 60.7 Å². The quantitative estimate of drug-likeness (QED) is 0.546. The first-order valence-corrected chi connectivity index (χ1v) is 10.6. The van der Waals surface area contributed by atoms with Crippen molar-refractivity contribution in [3.05, 3.63) is 71.8 Å². The van der Waals surface area contributed by atoms with Crippen molar-refractivity contribution in [3.63, 3.8) is 0 Å². The van der Waals surface area contributed by atoms with Crippen LogP contribution in [0, 0.1) is 0 Å². The Labute approximate surface area is 172 Å². The monoisotopic (exact) mass is 391 g/mol. The van der Waals surface area contributed by atoms with Gasteiger partial charge in [-0.2, -0.15) is 0 Å². The maximum atomic E-state index is 12.1. The maximum Gasteiger partial charge on any atom is 0.221 e.